The molecule has 2 aliphatic rings. The van der Waals surface area contributed by atoms with Gasteiger partial charge in [0.2, 0.25) is 5.91 Å². The summed E-state index contributed by atoms with van der Waals surface area (Å²) in [5, 5.41) is 11.5. The number of hydrogen-bond donors (Lipinski definition) is 1. The zero-order valence-electron chi connectivity index (χ0n) is 13.5. The number of amides is 1. The van der Waals surface area contributed by atoms with Gasteiger partial charge in [-0.15, -0.1) is 0 Å². The number of carbonyl (C=O) groups excluding carboxylic acids is 1. The van der Waals surface area contributed by atoms with Crippen molar-refractivity contribution in [2.45, 2.75) is 25.2 Å². The minimum Gasteiger partial charge on any atom is -0.481 e. The van der Waals surface area contributed by atoms with Crippen molar-refractivity contribution in [1.29, 1.82) is 0 Å². The summed E-state index contributed by atoms with van der Waals surface area (Å²) in [7, 11) is 0. The van der Waals surface area contributed by atoms with E-state index in [2.05, 4.69) is 30.3 Å². The Kier molecular flexibility index (Phi) is 3.75. The average Bonchev–Trinajstić information content (AvgIpc) is 3.41. The molecule has 2 unspecified atom stereocenters. The number of carboxylic acids is 1. The van der Waals surface area contributed by atoms with Crippen molar-refractivity contribution >= 4 is 22.6 Å². The van der Waals surface area contributed by atoms with Crippen molar-refractivity contribution in [3.8, 4) is 0 Å². The molecule has 0 bridgehead atoms. The van der Waals surface area contributed by atoms with E-state index >= 15 is 0 Å². The predicted molar refractivity (Wildman–Crippen MR) is 91.7 cm³/mol. The van der Waals surface area contributed by atoms with Crippen LogP contribution < -0.4 is 0 Å². The summed E-state index contributed by atoms with van der Waals surface area (Å²) in [4.78, 5) is 25.6. The Bertz CT molecular complexity index is 787. The van der Waals surface area contributed by atoms with Crippen molar-refractivity contribution in [3.05, 3.63) is 48.0 Å². The van der Waals surface area contributed by atoms with E-state index in [1.807, 2.05) is 17.0 Å². The van der Waals surface area contributed by atoms with Crippen LogP contribution >= 0.6 is 0 Å². The Morgan fingerprint density at radius 3 is 2.46 bits per heavy atom. The Morgan fingerprint density at radius 1 is 1.00 bits per heavy atom. The summed E-state index contributed by atoms with van der Waals surface area (Å²) < 4.78 is 0. The van der Waals surface area contributed by atoms with Crippen molar-refractivity contribution in [1.82, 2.24) is 4.90 Å². The lowest BCUT2D eigenvalue weighted by atomic mass is 9.96. The summed E-state index contributed by atoms with van der Waals surface area (Å²) in [6, 6.07) is 14.6. The molecule has 4 rings (SSSR count). The van der Waals surface area contributed by atoms with Gasteiger partial charge in [0, 0.05) is 19.0 Å². The number of carbonyl (C=O) groups is 2. The average molecular weight is 323 g/mol. The number of hydrogen-bond acceptors (Lipinski definition) is 2. The van der Waals surface area contributed by atoms with Crippen LogP contribution in [-0.4, -0.2) is 35.0 Å². The molecular formula is C20H21NO3. The van der Waals surface area contributed by atoms with Crippen LogP contribution in [0, 0.1) is 11.8 Å². The maximum Gasteiger partial charge on any atom is 0.306 e. The number of aliphatic carboxylic acids is 1. The molecule has 0 spiro atoms. The molecule has 1 saturated heterocycles. The van der Waals surface area contributed by atoms with E-state index in [4.69, 9.17) is 5.11 Å². The normalized spacial score (nSPS) is 24.1. The highest BCUT2D eigenvalue weighted by atomic mass is 16.4. The largest absolute Gasteiger partial charge is 0.481 e. The van der Waals surface area contributed by atoms with Crippen molar-refractivity contribution in [2.24, 2.45) is 11.8 Å². The standard InChI is InChI=1S/C20H21NO3/c22-19(21-10-8-14(9-11-21)20(23)24)18-12-17(18)16-7-3-5-13-4-1-2-6-15(13)16/h1-7,14,17-18H,8-12H2,(H,23,24). The van der Waals surface area contributed by atoms with E-state index in [1.54, 1.807) is 0 Å². The third-order valence-electron chi connectivity index (χ3n) is 5.49. The minimum atomic E-state index is -0.734. The molecule has 1 saturated carbocycles. The first kappa shape index (κ1) is 15.2. The lowest BCUT2D eigenvalue weighted by Gasteiger charge is -2.30. The molecule has 0 radical (unpaired) electrons. The molecule has 4 heteroatoms. The smallest absolute Gasteiger partial charge is 0.306 e. The third-order valence-corrected chi connectivity index (χ3v) is 5.49. The van der Waals surface area contributed by atoms with Crippen LogP contribution in [0.3, 0.4) is 0 Å². The predicted octanol–water partition coefficient (Wildman–Crippen LogP) is 3.27. The third kappa shape index (κ3) is 2.66. The fourth-order valence-electron chi connectivity index (χ4n) is 3.97. The summed E-state index contributed by atoms with van der Waals surface area (Å²) in [5.41, 5.74) is 1.27. The van der Waals surface area contributed by atoms with Gasteiger partial charge >= 0.3 is 5.97 Å². The fourth-order valence-corrected chi connectivity index (χ4v) is 3.97. The Hall–Kier alpha value is -2.36. The van der Waals surface area contributed by atoms with Gasteiger partial charge in [-0.1, -0.05) is 42.5 Å². The van der Waals surface area contributed by atoms with E-state index in [-0.39, 0.29) is 17.7 Å². The molecular weight excluding hydrogens is 302 g/mol. The number of carboxylic acid groups (broad SMARTS) is 1. The molecule has 124 valence electrons. The first-order chi connectivity index (χ1) is 11.6. The van der Waals surface area contributed by atoms with Gasteiger partial charge in [0.25, 0.3) is 0 Å². The van der Waals surface area contributed by atoms with Crippen molar-refractivity contribution in [3.63, 3.8) is 0 Å². The topological polar surface area (TPSA) is 57.6 Å². The summed E-state index contributed by atoms with van der Waals surface area (Å²) in [5.74, 6) is -0.445. The van der Waals surface area contributed by atoms with E-state index < -0.39 is 5.97 Å². The number of fused-ring (bicyclic) bond motifs is 1. The van der Waals surface area contributed by atoms with Gasteiger partial charge in [0.15, 0.2) is 0 Å². The van der Waals surface area contributed by atoms with Gasteiger partial charge in [-0.25, -0.2) is 0 Å². The molecule has 2 aromatic rings. The molecule has 4 nitrogen and oxygen atoms in total. The zero-order valence-corrected chi connectivity index (χ0v) is 13.5. The summed E-state index contributed by atoms with van der Waals surface area (Å²) in [6.45, 7) is 1.16. The monoisotopic (exact) mass is 323 g/mol. The van der Waals surface area contributed by atoms with E-state index in [9.17, 15) is 9.59 Å². The Balaban J connectivity index is 1.46. The van der Waals surface area contributed by atoms with E-state index in [0.717, 1.165) is 6.42 Å². The molecule has 1 aliphatic carbocycles. The zero-order chi connectivity index (χ0) is 16.7. The van der Waals surface area contributed by atoms with E-state index in [0.29, 0.717) is 31.8 Å². The first-order valence-corrected chi connectivity index (χ1v) is 8.64. The van der Waals surface area contributed by atoms with Gasteiger partial charge < -0.3 is 10.0 Å². The van der Waals surface area contributed by atoms with E-state index in [1.165, 1.54) is 16.3 Å². The highest BCUT2D eigenvalue weighted by Gasteiger charge is 2.46. The molecule has 0 aromatic heterocycles. The molecule has 1 N–H and O–H groups in total. The molecule has 1 aliphatic heterocycles. The van der Waals surface area contributed by atoms with Crippen molar-refractivity contribution in [2.75, 3.05) is 13.1 Å². The minimum absolute atomic E-state index is 0.0668. The number of rotatable bonds is 3. The second-order valence-corrected chi connectivity index (χ2v) is 6.95. The quantitative estimate of drug-likeness (QED) is 0.943. The lowest BCUT2D eigenvalue weighted by Crippen LogP contribution is -2.41. The second-order valence-electron chi connectivity index (χ2n) is 6.95. The van der Waals surface area contributed by atoms with Crippen LogP contribution in [0.2, 0.25) is 0 Å². The fraction of sp³-hybridized carbons (Fsp3) is 0.400. The molecule has 2 fully saturated rings. The molecule has 2 atom stereocenters. The van der Waals surface area contributed by atoms with Gasteiger partial charge in [-0.05, 0) is 41.5 Å². The second kappa shape index (κ2) is 5.93. The van der Waals surface area contributed by atoms with Crippen LogP contribution in [0.15, 0.2) is 42.5 Å². The maximum absolute atomic E-state index is 12.7. The highest BCUT2D eigenvalue weighted by Crippen LogP contribution is 2.50. The lowest BCUT2D eigenvalue weighted by molar-refractivity contribution is -0.146. The van der Waals surface area contributed by atoms with Crippen LogP contribution in [0.1, 0.15) is 30.7 Å². The van der Waals surface area contributed by atoms with Gasteiger partial charge in [-0.2, -0.15) is 0 Å². The van der Waals surface area contributed by atoms with Crippen LogP contribution in [0.4, 0.5) is 0 Å². The van der Waals surface area contributed by atoms with Gasteiger partial charge in [0.05, 0.1) is 5.92 Å². The number of nitrogens with zero attached hydrogens (tertiary/aromatic N) is 1. The van der Waals surface area contributed by atoms with Crippen LogP contribution in [0.5, 0.6) is 0 Å². The van der Waals surface area contributed by atoms with Gasteiger partial charge in [-0.3, -0.25) is 9.59 Å². The summed E-state index contributed by atoms with van der Waals surface area (Å²) in [6.07, 6.45) is 2.06. The Morgan fingerprint density at radius 2 is 1.71 bits per heavy atom. The Labute approximate surface area is 141 Å². The molecule has 1 amide bonds. The molecule has 24 heavy (non-hydrogen) atoms. The van der Waals surface area contributed by atoms with Gasteiger partial charge in [0.1, 0.15) is 0 Å². The molecule has 2 aromatic carbocycles. The highest BCUT2D eigenvalue weighted by molar-refractivity contribution is 5.89. The number of likely N-dealkylation sites (tertiary alicyclic amines) is 1. The van der Waals surface area contributed by atoms with Crippen LogP contribution in [-0.2, 0) is 9.59 Å². The SMILES string of the molecule is O=C(O)C1CCN(C(=O)C2CC2c2cccc3ccccc23)CC1. The van der Waals surface area contributed by atoms with Crippen molar-refractivity contribution < 1.29 is 14.7 Å². The molecule has 1 heterocycles. The maximum atomic E-state index is 12.7. The number of benzene rings is 2. The summed E-state index contributed by atoms with van der Waals surface area (Å²) >= 11 is 0. The van der Waals surface area contributed by atoms with Crippen LogP contribution in [0.25, 0.3) is 10.8 Å². The number of piperidine rings is 1. The first-order valence-electron chi connectivity index (χ1n) is 8.64.